The van der Waals surface area contributed by atoms with Crippen LogP contribution in [0, 0.1) is 0 Å². The zero-order valence-corrected chi connectivity index (χ0v) is 7.24. The molecular formula is C9H11NO3. The van der Waals surface area contributed by atoms with Crippen LogP contribution in [0.25, 0.3) is 0 Å². The van der Waals surface area contributed by atoms with Crippen molar-refractivity contribution in [3.63, 3.8) is 0 Å². The van der Waals surface area contributed by atoms with Gasteiger partial charge in [-0.05, 0) is 13.3 Å². The number of aromatic hydroxyl groups is 2. The fourth-order valence-electron chi connectivity index (χ4n) is 2.57. The van der Waals surface area contributed by atoms with E-state index in [0.717, 1.165) is 17.5 Å². The molecule has 3 unspecified atom stereocenters. The molecule has 70 valence electrons. The Morgan fingerprint density at radius 3 is 2.77 bits per heavy atom. The lowest BCUT2D eigenvalue weighted by Gasteiger charge is -2.18. The van der Waals surface area contributed by atoms with E-state index in [1.165, 1.54) is 0 Å². The van der Waals surface area contributed by atoms with E-state index in [1.807, 2.05) is 6.92 Å². The van der Waals surface area contributed by atoms with Gasteiger partial charge in [-0.25, -0.2) is 0 Å². The third kappa shape index (κ3) is 0.698. The lowest BCUT2D eigenvalue weighted by molar-refractivity contribution is 0.0414. The summed E-state index contributed by atoms with van der Waals surface area (Å²) in [6.07, 6.45) is 1.02. The molecular weight excluding hydrogens is 170 g/mol. The molecule has 1 fully saturated rings. The molecule has 2 aliphatic rings. The van der Waals surface area contributed by atoms with Crippen LogP contribution >= 0.6 is 0 Å². The van der Waals surface area contributed by atoms with Crippen molar-refractivity contribution in [1.29, 1.82) is 0 Å². The molecule has 2 heterocycles. The first-order valence-corrected chi connectivity index (χ1v) is 4.47. The second-order valence-electron chi connectivity index (χ2n) is 3.82. The van der Waals surface area contributed by atoms with E-state index >= 15 is 0 Å². The first-order chi connectivity index (χ1) is 6.18. The van der Waals surface area contributed by atoms with Crippen LogP contribution in [-0.4, -0.2) is 21.3 Å². The minimum Gasteiger partial charge on any atom is -0.494 e. The van der Waals surface area contributed by atoms with Gasteiger partial charge in [0.1, 0.15) is 0 Å². The average Bonchev–Trinajstić information content (AvgIpc) is 2.64. The van der Waals surface area contributed by atoms with E-state index in [-0.39, 0.29) is 29.9 Å². The third-order valence-electron chi connectivity index (χ3n) is 3.14. The van der Waals surface area contributed by atoms with Crippen LogP contribution in [0.15, 0.2) is 0 Å². The van der Waals surface area contributed by atoms with Gasteiger partial charge in [-0.1, -0.05) is 0 Å². The van der Waals surface area contributed by atoms with Crippen molar-refractivity contribution >= 4 is 0 Å². The van der Waals surface area contributed by atoms with Crippen LogP contribution in [0.1, 0.15) is 36.5 Å². The number of rotatable bonds is 0. The second kappa shape index (κ2) is 2.01. The summed E-state index contributed by atoms with van der Waals surface area (Å²) in [6, 6.07) is 0. The van der Waals surface area contributed by atoms with Gasteiger partial charge >= 0.3 is 0 Å². The third-order valence-corrected chi connectivity index (χ3v) is 3.14. The van der Waals surface area contributed by atoms with E-state index in [1.54, 1.807) is 0 Å². The van der Waals surface area contributed by atoms with Crippen molar-refractivity contribution < 1.29 is 14.9 Å². The van der Waals surface area contributed by atoms with Gasteiger partial charge < -0.3 is 14.9 Å². The molecule has 1 aromatic heterocycles. The molecule has 4 nitrogen and oxygen atoms in total. The molecule has 0 radical (unpaired) electrons. The van der Waals surface area contributed by atoms with E-state index in [4.69, 9.17) is 4.74 Å². The summed E-state index contributed by atoms with van der Waals surface area (Å²) in [6.45, 7) is 2.00. The number of aromatic nitrogens is 1. The minimum atomic E-state index is -0.0212. The highest BCUT2D eigenvalue weighted by Crippen LogP contribution is 2.57. The fraction of sp³-hybridized carbons (Fsp3) is 0.556. The molecule has 3 rings (SSSR count). The van der Waals surface area contributed by atoms with Gasteiger partial charge in [0.25, 0.3) is 0 Å². The summed E-state index contributed by atoms with van der Waals surface area (Å²) >= 11 is 0. The Morgan fingerprint density at radius 2 is 2.00 bits per heavy atom. The number of nitrogens with one attached hydrogen (secondary N) is 1. The van der Waals surface area contributed by atoms with Crippen molar-refractivity contribution in [3.8, 4) is 11.8 Å². The molecule has 1 aromatic rings. The summed E-state index contributed by atoms with van der Waals surface area (Å²) in [4.78, 5) is 2.53. The highest BCUT2D eigenvalue weighted by Gasteiger charge is 2.47. The summed E-state index contributed by atoms with van der Waals surface area (Å²) in [5, 5.41) is 19.0. The Kier molecular flexibility index (Phi) is 1.12. The van der Waals surface area contributed by atoms with Gasteiger partial charge in [0.2, 0.25) is 0 Å². The Labute approximate surface area is 75.2 Å². The van der Waals surface area contributed by atoms with Gasteiger partial charge in [-0.15, -0.1) is 0 Å². The van der Waals surface area contributed by atoms with E-state index in [2.05, 4.69) is 4.98 Å². The average molecular weight is 181 g/mol. The molecule has 1 aliphatic heterocycles. The number of ether oxygens (including phenoxy) is 1. The molecule has 3 atom stereocenters. The zero-order chi connectivity index (χ0) is 9.16. The maximum atomic E-state index is 9.52. The van der Waals surface area contributed by atoms with Crippen molar-refractivity contribution in [3.05, 3.63) is 11.1 Å². The van der Waals surface area contributed by atoms with Crippen LogP contribution in [0.2, 0.25) is 0 Å². The van der Waals surface area contributed by atoms with Crippen LogP contribution in [0.4, 0.5) is 0 Å². The summed E-state index contributed by atoms with van der Waals surface area (Å²) < 4.78 is 5.59. The molecule has 4 heteroatoms. The largest absolute Gasteiger partial charge is 0.494 e. The van der Waals surface area contributed by atoms with Crippen molar-refractivity contribution in [2.24, 2.45) is 0 Å². The van der Waals surface area contributed by atoms with Crippen LogP contribution in [-0.2, 0) is 4.74 Å². The number of fused-ring (bicyclic) bond motifs is 5. The molecule has 1 aliphatic carbocycles. The van der Waals surface area contributed by atoms with E-state index in [0.29, 0.717) is 0 Å². The number of aromatic amines is 1. The molecule has 2 bridgehead atoms. The molecule has 0 amide bonds. The monoisotopic (exact) mass is 181 g/mol. The number of hydrogen-bond acceptors (Lipinski definition) is 3. The van der Waals surface area contributed by atoms with Gasteiger partial charge in [0.05, 0.1) is 12.2 Å². The lowest BCUT2D eigenvalue weighted by Crippen LogP contribution is -2.13. The quantitative estimate of drug-likeness (QED) is 0.566. The second-order valence-corrected chi connectivity index (χ2v) is 3.82. The van der Waals surface area contributed by atoms with Gasteiger partial charge in [-0.2, -0.15) is 0 Å². The Morgan fingerprint density at radius 1 is 1.31 bits per heavy atom. The topological polar surface area (TPSA) is 65.5 Å². The normalized spacial score (nSPS) is 35.3. The Hall–Kier alpha value is -1.16. The van der Waals surface area contributed by atoms with E-state index < -0.39 is 0 Å². The van der Waals surface area contributed by atoms with Crippen LogP contribution in [0.3, 0.4) is 0 Å². The fourth-order valence-corrected chi connectivity index (χ4v) is 2.57. The summed E-state index contributed by atoms with van der Waals surface area (Å²) in [5.74, 6) is 0.416. The first-order valence-electron chi connectivity index (χ1n) is 4.47. The molecule has 0 saturated carbocycles. The van der Waals surface area contributed by atoms with Gasteiger partial charge in [0.15, 0.2) is 11.8 Å². The molecule has 0 spiro atoms. The standard InChI is InChI=1S/C9H11NO3/c1-3-4-2-5(13-3)7-6(4)8(11)10-9(7)12/h3-5,10-12H,2H2,1H3. The lowest BCUT2D eigenvalue weighted by atomic mass is 9.99. The predicted octanol–water partition coefficient (Wildman–Crippen LogP) is 1.37. The van der Waals surface area contributed by atoms with Crippen molar-refractivity contribution in [1.82, 2.24) is 4.98 Å². The Bertz CT molecular complexity index is 371. The van der Waals surface area contributed by atoms with Crippen molar-refractivity contribution in [2.45, 2.75) is 31.5 Å². The maximum Gasteiger partial charge on any atom is 0.197 e. The van der Waals surface area contributed by atoms with Crippen LogP contribution < -0.4 is 0 Å². The smallest absolute Gasteiger partial charge is 0.197 e. The zero-order valence-electron chi connectivity index (χ0n) is 7.24. The van der Waals surface area contributed by atoms with Crippen molar-refractivity contribution in [2.75, 3.05) is 0 Å². The number of hydrogen-bond donors (Lipinski definition) is 3. The van der Waals surface area contributed by atoms with Crippen LogP contribution in [0.5, 0.6) is 11.8 Å². The predicted molar refractivity (Wildman–Crippen MR) is 44.8 cm³/mol. The number of H-pyrrole nitrogens is 1. The summed E-state index contributed by atoms with van der Waals surface area (Å²) in [7, 11) is 0. The highest BCUT2D eigenvalue weighted by molar-refractivity contribution is 5.52. The molecule has 3 N–H and O–H groups in total. The Balaban J connectivity index is 2.23. The molecule has 1 saturated heterocycles. The van der Waals surface area contributed by atoms with Gasteiger partial charge in [-0.3, -0.25) is 4.98 Å². The molecule has 0 aromatic carbocycles. The first kappa shape index (κ1) is 7.26. The van der Waals surface area contributed by atoms with E-state index in [9.17, 15) is 10.2 Å². The maximum absolute atomic E-state index is 9.52. The molecule has 13 heavy (non-hydrogen) atoms. The highest BCUT2D eigenvalue weighted by atomic mass is 16.5. The summed E-state index contributed by atoms with van der Waals surface area (Å²) in [5.41, 5.74) is 1.63. The SMILES string of the molecule is CC1OC2CC1c1c(O)[nH]c(O)c12. The minimum absolute atomic E-state index is 0.0212. The van der Waals surface area contributed by atoms with Gasteiger partial charge in [0, 0.05) is 17.0 Å².